The molecule has 4 nitrogen and oxygen atoms in total. The Morgan fingerprint density at radius 1 is 1.37 bits per heavy atom. The van der Waals surface area contributed by atoms with Crippen LogP contribution in [0.5, 0.6) is 5.75 Å². The molecule has 0 saturated carbocycles. The van der Waals surface area contributed by atoms with E-state index in [1.807, 2.05) is 25.1 Å². The molecule has 0 unspecified atom stereocenters. The number of aromatic nitrogens is 1. The summed E-state index contributed by atoms with van der Waals surface area (Å²) < 4.78 is 5.25. The second-order valence-electron chi connectivity index (χ2n) is 4.70. The number of hydrogen-bond acceptors (Lipinski definition) is 3. The van der Waals surface area contributed by atoms with Gasteiger partial charge in [0, 0.05) is 17.4 Å². The number of carbonyl (C=O) groups excluding carboxylic acids is 1. The highest BCUT2D eigenvalue weighted by Gasteiger charge is 2.09. The molecule has 0 fully saturated rings. The van der Waals surface area contributed by atoms with Crippen molar-refractivity contribution < 1.29 is 9.53 Å². The number of rotatable bonds is 4. The van der Waals surface area contributed by atoms with E-state index < -0.39 is 0 Å². The predicted octanol–water partition coefficient (Wildman–Crippen LogP) is 2.37. The highest BCUT2D eigenvalue weighted by molar-refractivity contribution is 5.87. The van der Waals surface area contributed by atoms with Crippen LogP contribution in [0.4, 0.5) is 0 Å². The number of pyridine rings is 1. The lowest BCUT2D eigenvalue weighted by atomic mass is 10.0. The number of ketones is 1. The summed E-state index contributed by atoms with van der Waals surface area (Å²) in [5, 5.41) is 0.956. The summed E-state index contributed by atoms with van der Waals surface area (Å²) in [6.45, 7) is 3.51. The predicted molar refractivity (Wildman–Crippen MR) is 74.9 cm³/mol. The van der Waals surface area contributed by atoms with Crippen molar-refractivity contribution in [1.82, 2.24) is 4.98 Å². The molecule has 1 aromatic heterocycles. The molecule has 0 bridgehead atoms. The topological polar surface area (TPSA) is 59.2 Å². The summed E-state index contributed by atoms with van der Waals surface area (Å²) in [5.41, 5.74) is 2.26. The van der Waals surface area contributed by atoms with Crippen molar-refractivity contribution in [3.05, 3.63) is 39.7 Å². The minimum Gasteiger partial charge on any atom is -0.495 e. The third-order valence-electron chi connectivity index (χ3n) is 3.24. The molecule has 1 N–H and O–H groups in total. The number of nitrogens with one attached hydrogen (secondary N) is 1. The van der Waals surface area contributed by atoms with Crippen LogP contribution in [0.3, 0.4) is 0 Å². The smallest absolute Gasteiger partial charge is 0.251 e. The Morgan fingerprint density at radius 2 is 2.11 bits per heavy atom. The van der Waals surface area contributed by atoms with Gasteiger partial charge in [0.2, 0.25) is 0 Å². The number of methoxy groups -OCH3 is 1. The van der Waals surface area contributed by atoms with Gasteiger partial charge in [0.15, 0.2) is 0 Å². The van der Waals surface area contributed by atoms with E-state index in [4.69, 9.17) is 4.74 Å². The van der Waals surface area contributed by atoms with Gasteiger partial charge in [-0.25, -0.2) is 0 Å². The van der Waals surface area contributed by atoms with Gasteiger partial charge in [-0.3, -0.25) is 4.79 Å². The van der Waals surface area contributed by atoms with Crippen LogP contribution in [0.2, 0.25) is 0 Å². The fourth-order valence-corrected chi connectivity index (χ4v) is 2.12. The summed E-state index contributed by atoms with van der Waals surface area (Å²) in [4.78, 5) is 25.9. The molecular formula is C15H17NO3. The van der Waals surface area contributed by atoms with Crippen LogP contribution < -0.4 is 10.3 Å². The Morgan fingerprint density at radius 3 is 2.74 bits per heavy atom. The molecule has 2 aromatic rings. The number of fused-ring (bicyclic) bond motifs is 1. The summed E-state index contributed by atoms with van der Waals surface area (Å²) in [7, 11) is 1.58. The number of benzene rings is 1. The van der Waals surface area contributed by atoms with Crippen molar-refractivity contribution in [3.8, 4) is 5.75 Å². The summed E-state index contributed by atoms with van der Waals surface area (Å²) in [5.74, 6) is 0.734. The van der Waals surface area contributed by atoms with Crippen LogP contribution in [0.15, 0.2) is 23.0 Å². The molecule has 4 heteroatoms. The van der Waals surface area contributed by atoms with Crippen molar-refractivity contribution in [2.75, 3.05) is 7.11 Å². The maximum Gasteiger partial charge on any atom is 0.251 e. The van der Waals surface area contributed by atoms with Gasteiger partial charge in [0.1, 0.15) is 11.5 Å². The van der Waals surface area contributed by atoms with E-state index in [9.17, 15) is 9.59 Å². The Labute approximate surface area is 111 Å². The molecule has 0 radical (unpaired) electrons. The van der Waals surface area contributed by atoms with E-state index in [0.717, 1.165) is 10.9 Å². The summed E-state index contributed by atoms with van der Waals surface area (Å²) in [6, 6.07) is 5.64. The molecule has 100 valence electrons. The molecule has 0 aliphatic carbocycles. The van der Waals surface area contributed by atoms with Crippen molar-refractivity contribution in [2.24, 2.45) is 0 Å². The van der Waals surface area contributed by atoms with Crippen molar-refractivity contribution >= 4 is 16.7 Å². The first kappa shape index (κ1) is 13.3. The minimum absolute atomic E-state index is 0.0851. The van der Waals surface area contributed by atoms with Gasteiger partial charge in [-0.1, -0.05) is 6.07 Å². The third-order valence-corrected chi connectivity index (χ3v) is 3.24. The van der Waals surface area contributed by atoms with E-state index in [2.05, 4.69) is 4.98 Å². The van der Waals surface area contributed by atoms with E-state index >= 15 is 0 Å². The molecule has 0 spiro atoms. The number of Topliss-reactive ketones (excluding diaryl/α,β-unsaturated/α-hetero) is 1. The third kappa shape index (κ3) is 2.67. The first-order valence-corrected chi connectivity index (χ1v) is 6.22. The minimum atomic E-state index is -0.155. The molecule has 0 saturated heterocycles. The van der Waals surface area contributed by atoms with Crippen molar-refractivity contribution in [1.29, 1.82) is 0 Å². The molecule has 0 aliphatic rings. The highest BCUT2D eigenvalue weighted by atomic mass is 16.5. The van der Waals surface area contributed by atoms with E-state index in [-0.39, 0.29) is 11.3 Å². The average molecular weight is 259 g/mol. The van der Waals surface area contributed by atoms with Crippen LogP contribution in [0.1, 0.15) is 24.5 Å². The summed E-state index contributed by atoms with van der Waals surface area (Å²) >= 11 is 0. The molecule has 19 heavy (non-hydrogen) atoms. The van der Waals surface area contributed by atoms with Crippen LogP contribution in [0, 0.1) is 6.92 Å². The molecular weight excluding hydrogens is 242 g/mol. The van der Waals surface area contributed by atoms with Crippen LogP contribution in [-0.4, -0.2) is 17.9 Å². The number of aryl methyl sites for hydroxylation is 2. The maximum absolute atomic E-state index is 12.0. The van der Waals surface area contributed by atoms with Crippen LogP contribution >= 0.6 is 0 Å². The van der Waals surface area contributed by atoms with E-state index in [1.165, 1.54) is 6.92 Å². The van der Waals surface area contributed by atoms with Gasteiger partial charge in [-0.15, -0.1) is 0 Å². The lowest BCUT2D eigenvalue weighted by molar-refractivity contribution is -0.116. The first-order valence-electron chi connectivity index (χ1n) is 6.22. The Balaban J connectivity index is 2.58. The quantitative estimate of drug-likeness (QED) is 0.917. The zero-order chi connectivity index (χ0) is 14.0. The Bertz CT molecular complexity index is 686. The first-order chi connectivity index (χ1) is 9.02. The average Bonchev–Trinajstić information content (AvgIpc) is 2.37. The number of carbonyl (C=O) groups is 1. The normalized spacial score (nSPS) is 10.7. The summed E-state index contributed by atoms with van der Waals surface area (Å²) in [6.07, 6.45) is 0.856. The second-order valence-corrected chi connectivity index (χ2v) is 4.70. The van der Waals surface area contributed by atoms with Crippen molar-refractivity contribution in [2.45, 2.75) is 26.7 Å². The standard InChI is InChI=1S/C15H17NO3/c1-9-4-7-13(19-3)14-12(9)8-11(15(18)16-14)6-5-10(2)17/h4,7-8H,5-6H2,1-3H3,(H,16,18). The van der Waals surface area contributed by atoms with Crippen molar-refractivity contribution in [3.63, 3.8) is 0 Å². The van der Waals surface area contributed by atoms with E-state index in [1.54, 1.807) is 7.11 Å². The second kappa shape index (κ2) is 5.26. The lowest BCUT2D eigenvalue weighted by Crippen LogP contribution is -2.14. The SMILES string of the molecule is COc1ccc(C)c2cc(CCC(C)=O)c(=O)[nH]c12. The van der Waals surface area contributed by atoms with Gasteiger partial charge >= 0.3 is 0 Å². The van der Waals surface area contributed by atoms with E-state index in [0.29, 0.717) is 29.7 Å². The fourth-order valence-electron chi connectivity index (χ4n) is 2.12. The molecule has 0 aliphatic heterocycles. The molecule has 0 atom stereocenters. The van der Waals surface area contributed by atoms with Gasteiger partial charge in [0.05, 0.1) is 12.6 Å². The number of aromatic amines is 1. The highest BCUT2D eigenvalue weighted by Crippen LogP contribution is 2.25. The molecule has 2 rings (SSSR count). The monoisotopic (exact) mass is 259 g/mol. The zero-order valence-electron chi connectivity index (χ0n) is 11.4. The zero-order valence-corrected chi connectivity index (χ0v) is 11.4. The molecule has 0 amide bonds. The van der Waals surface area contributed by atoms with Gasteiger partial charge in [-0.05, 0) is 38.0 Å². The number of ether oxygens (including phenoxy) is 1. The molecule has 1 aromatic carbocycles. The Kier molecular flexibility index (Phi) is 3.69. The van der Waals surface area contributed by atoms with Gasteiger partial charge in [-0.2, -0.15) is 0 Å². The Hall–Kier alpha value is -2.10. The van der Waals surface area contributed by atoms with Crippen LogP contribution in [-0.2, 0) is 11.2 Å². The number of hydrogen-bond donors (Lipinski definition) is 1. The van der Waals surface area contributed by atoms with Crippen LogP contribution in [0.25, 0.3) is 10.9 Å². The van der Waals surface area contributed by atoms with Gasteiger partial charge < -0.3 is 14.5 Å². The van der Waals surface area contributed by atoms with Gasteiger partial charge in [0.25, 0.3) is 5.56 Å². The molecule has 1 heterocycles. The fraction of sp³-hybridized carbons (Fsp3) is 0.333. The number of H-pyrrole nitrogens is 1. The maximum atomic E-state index is 12.0. The lowest BCUT2D eigenvalue weighted by Gasteiger charge is -2.09. The largest absolute Gasteiger partial charge is 0.495 e.